The maximum absolute atomic E-state index is 12.5. The molecule has 78 heavy (non-hydrogen) atoms. The quantitative estimate of drug-likeness (QED) is 0.0235. The zero-order valence-electron chi connectivity index (χ0n) is 44.2. The van der Waals surface area contributed by atoms with Crippen LogP contribution in [0.5, 0.6) is 0 Å². The van der Waals surface area contributed by atoms with Crippen molar-refractivity contribution < 1.29 is 33.7 Å². The number of aliphatic hydroxyl groups excluding tert-OH is 1. The fourth-order valence-electron chi connectivity index (χ4n) is 8.51. The number of anilines is 3. The first-order chi connectivity index (χ1) is 37.9. The van der Waals surface area contributed by atoms with Crippen LogP contribution in [0, 0.1) is 34.0 Å². The number of nitrogens with zero attached hydrogens (tertiary/aromatic N) is 6. The van der Waals surface area contributed by atoms with E-state index < -0.39 is 17.9 Å². The summed E-state index contributed by atoms with van der Waals surface area (Å²) in [6, 6.07) is 51.5. The predicted octanol–water partition coefficient (Wildman–Crippen LogP) is 11.8. The van der Waals surface area contributed by atoms with E-state index in [2.05, 4.69) is 70.3 Å². The van der Waals surface area contributed by atoms with Gasteiger partial charge < -0.3 is 34.0 Å². The van der Waals surface area contributed by atoms with Crippen molar-refractivity contribution in [3.8, 4) is 18.2 Å². The SMILES string of the molecule is C=Cc1ccc(CN(Cc2cc(CN(CCO)c3ccc(/C=C(/C#N)C(=O)OCC)cc3)cc(CN(Cc3ccc(C=C)cc3)c3ccc(/C=C(/C#N)C(=O)OCC)cc3)c2)c2ccc(/C=C(/C#N)C(=O)OCC)cc2)cc1. The normalized spacial score (nSPS) is 11.3. The van der Waals surface area contributed by atoms with Crippen LogP contribution in [0.25, 0.3) is 30.4 Å². The van der Waals surface area contributed by atoms with Gasteiger partial charge in [0.05, 0.1) is 26.4 Å². The molecule has 0 aromatic heterocycles. The average Bonchev–Trinajstić information content (AvgIpc) is 3.46. The van der Waals surface area contributed by atoms with Gasteiger partial charge in [-0.1, -0.05) is 128 Å². The van der Waals surface area contributed by atoms with Crippen LogP contribution in [0.15, 0.2) is 169 Å². The van der Waals surface area contributed by atoms with Gasteiger partial charge in [0.15, 0.2) is 0 Å². The minimum atomic E-state index is -0.696. The minimum Gasteiger partial charge on any atom is -0.462 e. The van der Waals surface area contributed by atoms with Crippen molar-refractivity contribution in [2.24, 2.45) is 0 Å². The van der Waals surface area contributed by atoms with Crippen molar-refractivity contribution in [3.63, 3.8) is 0 Å². The third-order valence-corrected chi connectivity index (χ3v) is 12.3. The predicted molar refractivity (Wildman–Crippen MR) is 307 cm³/mol. The number of aliphatic hydroxyl groups is 1. The van der Waals surface area contributed by atoms with Gasteiger partial charge in [0.25, 0.3) is 0 Å². The van der Waals surface area contributed by atoms with E-state index in [-0.39, 0.29) is 43.1 Å². The van der Waals surface area contributed by atoms with Crippen LogP contribution >= 0.6 is 0 Å². The Morgan fingerprint density at radius 3 is 0.974 bits per heavy atom. The first-order valence-electron chi connectivity index (χ1n) is 25.5. The summed E-state index contributed by atoms with van der Waals surface area (Å²) >= 11 is 0. The molecule has 13 nitrogen and oxygen atoms in total. The molecule has 6 aromatic rings. The summed E-state index contributed by atoms with van der Waals surface area (Å²) in [4.78, 5) is 44.0. The molecule has 0 aliphatic carbocycles. The topological polar surface area (TPSA) is 180 Å². The number of carbonyl (C=O) groups excluding carboxylic acids is 3. The van der Waals surface area contributed by atoms with Gasteiger partial charge in [0.1, 0.15) is 34.9 Å². The van der Waals surface area contributed by atoms with Crippen LogP contribution in [-0.4, -0.2) is 56.0 Å². The third-order valence-electron chi connectivity index (χ3n) is 12.3. The number of ether oxygens (including phenoxy) is 3. The lowest BCUT2D eigenvalue weighted by molar-refractivity contribution is -0.138. The molecular weight excluding hydrogens is 977 g/mol. The van der Waals surface area contributed by atoms with E-state index in [1.165, 1.54) is 18.2 Å². The van der Waals surface area contributed by atoms with E-state index >= 15 is 0 Å². The van der Waals surface area contributed by atoms with Crippen molar-refractivity contribution in [2.45, 2.75) is 53.5 Å². The molecule has 394 valence electrons. The summed E-state index contributed by atoms with van der Waals surface area (Å²) in [5.41, 5.74) is 11.3. The van der Waals surface area contributed by atoms with Crippen LogP contribution in [0.4, 0.5) is 17.1 Å². The molecule has 0 amide bonds. The molecule has 1 N–H and O–H groups in total. The molecule has 6 aromatic carbocycles. The van der Waals surface area contributed by atoms with Crippen LogP contribution in [-0.2, 0) is 61.3 Å². The van der Waals surface area contributed by atoms with Crippen molar-refractivity contribution >= 4 is 65.4 Å². The Morgan fingerprint density at radius 1 is 0.436 bits per heavy atom. The lowest BCUT2D eigenvalue weighted by Gasteiger charge is -2.29. The fourth-order valence-corrected chi connectivity index (χ4v) is 8.51. The Morgan fingerprint density at radius 2 is 0.705 bits per heavy atom. The van der Waals surface area contributed by atoms with Crippen LogP contribution in [0.2, 0.25) is 0 Å². The highest BCUT2D eigenvalue weighted by atomic mass is 16.5. The van der Waals surface area contributed by atoms with E-state index in [1.807, 2.05) is 115 Å². The van der Waals surface area contributed by atoms with Gasteiger partial charge in [-0.05, 0) is 131 Å². The molecule has 0 radical (unpaired) electrons. The molecule has 13 heteroatoms. The van der Waals surface area contributed by atoms with Gasteiger partial charge in [0, 0.05) is 56.3 Å². The third kappa shape index (κ3) is 16.6. The summed E-state index contributed by atoms with van der Waals surface area (Å²) in [5, 5.41) is 39.6. The van der Waals surface area contributed by atoms with Gasteiger partial charge in [0.2, 0.25) is 0 Å². The Labute approximate surface area is 457 Å². The average molecular weight is 1040 g/mol. The number of carbonyl (C=O) groups is 3. The van der Waals surface area contributed by atoms with Crippen molar-refractivity contribution in [1.82, 2.24) is 0 Å². The van der Waals surface area contributed by atoms with Crippen molar-refractivity contribution in [2.75, 3.05) is 47.7 Å². The largest absolute Gasteiger partial charge is 0.462 e. The molecule has 6 rings (SSSR count). The first kappa shape index (κ1) is 57.5. The summed E-state index contributed by atoms with van der Waals surface area (Å²) in [5.74, 6) is -2.07. The molecule has 0 saturated heterocycles. The highest BCUT2D eigenvalue weighted by Crippen LogP contribution is 2.29. The fraction of sp³-hybridized carbons (Fsp3) is 0.200. The van der Waals surface area contributed by atoms with Crippen LogP contribution in [0.1, 0.15) is 76.4 Å². The molecule has 0 aliphatic rings. The van der Waals surface area contributed by atoms with Gasteiger partial charge in [-0.2, -0.15) is 15.8 Å². The summed E-state index contributed by atoms with van der Waals surface area (Å²) in [6.45, 7) is 15.9. The number of hydrogen-bond donors (Lipinski definition) is 1. The molecule has 0 spiro atoms. The Bertz CT molecular complexity index is 3100. The second-order valence-corrected chi connectivity index (χ2v) is 17.9. The second kappa shape index (κ2) is 29.4. The van der Waals surface area contributed by atoms with Crippen LogP contribution in [0.3, 0.4) is 0 Å². The van der Waals surface area contributed by atoms with E-state index in [0.29, 0.717) is 56.0 Å². The van der Waals surface area contributed by atoms with E-state index in [0.717, 1.165) is 56.0 Å². The number of hydrogen-bond acceptors (Lipinski definition) is 13. The van der Waals surface area contributed by atoms with Gasteiger partial charge in [-0.15, -0.1) is 0 Å². The Hall–Kier alpha value is -9.74. The van der Waals surface area contributed by atoms with Gasteiger partial charge in [-0.25, -0.2) is 14.4 Å². The smallest absolute Gasteiger partial charge is 0.348 e. The first-order valence-corrected chi connectivity index (χ1v) is 25.5. The molecule has 0 atom stereocenters. The number of benzene rings is 6. The summed E-state index contributed by atoms with van der Waals surface area (Å²) in [7, 11) is 0. The minimum absolute atomic E-state index is 0.101. The highest BCUT2D eigenvalue weighted by molar-refractivity contribution is 5.99. The molecule has 0 fully saturated rings. The number of nitriles is 3. The zero-order chi connectivity index (χ0) is 55.8. The van der Waals surface area contributed by atoms with E-state index in [1.54, 1.807) is 32.9 Å². The van der Waals surface area contributed by atoms with Crippen LogP contribution < -0.4 is 14.7 Å². The summed E-state index contributed by atoms with van der Waals surface area (Å²) < 4.78 is 15.3. The zero-order valence-corrected chi connectivity index (χ0v) is 44.2. The van der Waals surface area contributed by atoms with Gasteiger partial charge >= 0.3 is 17.9 Å². The summed E-state index contributed by atoms with van der Waals surface area (Å²) in [6.07, 6.45) is 8.12. The molecule has 0 unspecified atom stereocenters. The lowest BCUT2D eigenvalue weighted by Crippen LogP contribution is -2.27. The molecule has 0 heterocycles. The van der Waals surface area contributed by atoms with Crippen molar-refractivity contribution in [1.29, 1.82) is 15.8 Å². The maximum atomic E-state index is 12.5. The maximum Gasteiger partial charge on any atom is 0.348 e. The van der Waals surface area contributed by atoms with E-state index in [4.69, 9.17) is 14.2 Å². The highest BCUT2D eigenvalue weighted by Gasteiger charge is 2.18. The van der Waals surface area contributed by atoms with Gasteiger partial charge in [-0.3, -0.25) is 0 Å². The molecule has 0 bridgehead atoms. The Balaban J connectivity index is 1.46. The standard InChI is InChI=1S/C65H62N6O7/c1-6-47-11-15-52(16-12-47)42-70(61-27-21-50(22-28-61)37-58(40-67)64(74)77-9-4)45-55-33-54(44-69(31-32-72)60-25-19-49(20-26-60)36-57(39-66)63(73)76-8-3)34-56(35-55)46-71(43-53-17-13-48(7-2)14-18-53)62-29-23-51(24-30-62)38-59(41-68)65(75)78-10-5/h6-7,11-30,33-38,72H,1-2,8-10,31-32,42-46H2,3-5H3/b57-36-,58-37-,59-38-. The monoisotopic (exact) mass is 1040 g/mol. The van der Waals surface area contributed by atoms with Crippen molar-refractivity contribution in [3.05, 3.63) is 225 Å². The molecule has 0 saturated carbocycles. The molecule has 0 aliphatic heterocycles. The lowest BCUT2D eigenvalue weighted by atomic mass is 10.0. The number of rotatable bonds is 26. The number of esters is 3. The Kier molecular flexibility index (Phi) is 21.7. The second-order valence-electron chi connectivity index (χ2n) is 17.9. The van der Waals surface area contributed by atoms with E-state index in [9.17, 15) is 35.3 Å². The molecular formula is C65H62N6O7.